The molecule has 0 unspecified atom stereocenters. The number of likely N-dealkylation sites (tertiary alicyclic amines) is 2. The number of hydrogen-bond donors (Lipinski definition) is 0. The number of rotatable bonds is 4. The summed E-state index contributed by atoms with van der Waals surface area (Å²) in [6.07, 6.45) is 2.79. The second-order valence-corrected chi connectivity index (χ2v) is 8.00. The number of hydrogen-bond acceptors (Lipinski definition) is 6. The van der Waals surface area contributed by atoms with E-state index in [4.69, 9.17) is 4.74 Å². The van der Waals surface area contributed by atoms with E-state index in [2.05, 4.69) is 20.3 Å². The Morgan fingerprint density at radius 2 is 2.24 bits per heavy atom. The Morgan fingerprint density at radius 1 is 1.40 bits per heavy atom. The van der Waals surface area contributed by atoms with Crippen molar-refractivity contribution < 1.29 is 9.53 Å². The van der Waals surface area contributed by atoms with Crippen LogP contribution < -0.4 is 4.74 Å². The maximum atomic E-state index is 12.7. The van der Waals surface area contributed by atoms with Crippen molar-refractivity contribution in [3.63, 3.8) is 0 Å². The molecular weight excluding hydrogens is 336 g/mol. The predicted molar refractivity (Wildman–Crippen MR) is 95.9 cm³/mol. The van der Waals surface area contributed by atoms with Crippen LogP contribution >= 0.6 is 11.5 Å². The molecule has 1 spiro atoms. The Balaban J connectivity index is 1.36. The van der Waals surface area contributed by atoms with Crippen molar-refractivity contribution in [3.8, 4) is 5.75 Å². The highest BCUT2D eigenvalue weighted by Crippen LogP contribution is 2.41. The molecule has 2 fully saturated rings. The number of carbonyl (C=O) groups is 1. The van der Waals surface area contributed by atoms with Crippen molar-refractivity contribution in [2.24, 2.45) is 5.41 Å². The summed E-state index contributed by atoms with van der Waals surface area (Å²) >= 11 is 1.59. The first kappa shape index (κ1) is 16.5. The van der Waals surface area contributed by atoms with Crippen molar-refractivity contribution in [1.29, 1.82) is 0 Å². The summed E-state index contributed by atoms with van der Waals surface area (Å²) in [4.78, 5) is 22.6. The van der Waals surface area contributed by atoms with Crippen LogP contribution in [0.1, 0.15) is 27.5 Å². The van der Waals surface area contributed by atoms with E-state index in [1.54, 1.807) is 37.0 Å². The van der Waals surface area contributed by atoms with Crippen molar-refractivity contribution in [2.45, 2.75) is 19.9 Å². The van der Waals surface area contributed by atoms with Crippen LogP contribution in [-0.4, -0.2) is 58.4 Å². The summed E-state index contributed by atoms with van der Waals surface area (Å²) in [5, 5.41) is 0. The third-order valence-corrected chi connectivity index (χ3v) is 5.97. The highest BCUT2D eigenvalue weighted by Gasteiger charge is 2.49. The fourth-order valence-electron chi connectivity index (χ4n) is 3.90. The Labute approximate surface area is 151 Å². The zero-order chi connectivity index (χ0) is 17.4. The minimum absolute atomic E-state index is 0.0281. The Kier molecular flexibility index (Phi) is 4.21. The molecule has 0 aromatic carbocycles. The monoisotopic (exact) mass is 358 g/mol. The molecule has 0 atom stereocenters. The normalized spacial score (nSPS) is 19.2. The largest absolute Gasteiger partial charge is 0.494 e. The molecule has 7 heteroatoms. The van der Waals surface area contributed by atoms with Crippen molar-refractivity contribution in [2.75, 3.05) is 33.3 Å². The quantitative estimate of drug-likeness (QED) is 0.839. The minimum atomic E-state index is -0.0281. The smallest absolute Gasteiger partial charge is 0.276 e. The highest BCUT2D eigenvalue weighted by molar-refractivity contribution is 7.05. The van der Waals surface area contributed by atoms with E-state index in [1.807, 2.05) is 11.8 Å². The lowest BCUT2D eigenvalue weighted by Crippen LogP contribution is -2.59. The summed E-state index contributed by atoms with van der Waals surface area (Å²) in [5.41, 5.74) is 1.76. The molecule has 132 valence electrons. The molecule has 2 aromatic rings. The van der Waals surface area contributed by atoms with Crippen LogP contribution in [-0.2, 0) is 6.54 Å². The lowest BCUT2D eigenvalue weighted by Gasteiger charge is -2.48. The Morgan fingerprint density at radius 3 is 2.96 bits per heavy atom. The number of amides is 1. The van der Waals surface area contributed by atoms with Crippen LogP contribution in [0.25, 0.3) is 0 Å². The van der Waals surface area contributed by atoms with Crippen LogP contribution in [0.4, 0.5) is 0 Å². The van der Waals surface area contributed by atoms with Gasteiger partial charge < -0.3 is 9.64 Å². The van der Waals surface area contributed by atoms with Gasteiger partial charge in [-0.15, -0.1) is 0 Å². The SMILES string of the molecule is COc1cccnc1C(=O)N1CC2(CCN(Cc3cc(C)ns3)C2)C1. The minimum Gasteiger partial charge on any atom is -0.494 e. The topological polar surface area (TPSA) is 58.6 Å². The van der Waals surface area contributed by atoms with Gasteiger partial charge in [0.1, 0.15) is 5.75 Å². The van der Waals surface area contributed by atoms with Gasteiger partial charge in [0.25, 0.3) is 5.91 Å². The molecule has 0 bridgehead atoms. The first-order valence-electron chi connectivity index (χ1n) is 8.51. The van der Waals surface area contributed by atoms with Gasteiger partial charge in [-0.25, -0.2) is 4.98 Å². The maximum absolute atomic E-state index is 12.7. The molecule has 2 saturated heterocycles. The van der Waals surface area contributed by atoms with Gasteiger partial charge in [-0.05, 0) is 49.6 Å². The van der Waals surface area contributed by atoms with Crippen molar-refractivity contribution >= 4 is 17.4 Å². The van der Waals surface area contributed by atoms with E-state index in [9.17, 15) is 4.79 Å². The number of carbonyl (C=O) groups excluding carboxylic acids is 1. The maximum Gasteiger partial charge on any atom is 0.276 e. The third-order valence-electron chi connectivity index (χ3n) is 5.11. The van der Waals surface area contributed by atoms with Gasteiger partial charge in [-0.2, -0.15) is 4.37 Å². The predicted octanol–water partition coefficient (Wildman–Crippen LogP) is 2.20. The van der Waals surface area contributed by atoms with Crippen LogP contribution in [0.5, 0.6) is 5.75 Å². The zero-order valence-electron chi connectivity index (χ0n) is 14.6. The summed E-state index contributed by atoms with van der Waals surface area (Å²) < 4.78 is 9.62. The summed E-state index contributed by atoms with van der Waals surface area (Å²) in [7, 11) is 1.57. The third kappa shape index (κ3) is 3.14. The molecule has 4 heterocycles. The Bertz CT molecular complexity index is 785. The van der Waals surface area contributed by atoms with Gasteiger partial charge in [0.15, 0.2) is 5.69 Å². The average Bonchev–Trinajstić information content (AvgIpc) is 3.19. The summed E-state index contributed by atoms with van der Waals surface area (Å²) in [6.45, 7) is 6.76. The van der Waals surface area contributed by atoms with Crippen LogP contribution in [0, 0.1) is 12.3 Å². The molecule has 2 aliphatic heterocycles. The zero-order valence-corrected chi connectivity index (χ0v) is 15.4. The fourth-order valence-corrected chi connectivity index (χ4v) is 4.68. The van der Waals surface area contributed by atoms with Crippen LogP contribution in [0.2, 0.25) is 0 Å². The van der Waals surface area contributed by atoms with E-state index < -0.39 is 0 Å². The van der Waals surface area contributed by atoms with E-state index in [1.165, 1.54) is 4.88 Å². The van der Waals surface area contributed by atoms with E-state index in [0.29, 0.717) is 11.4 Å². The standard InChI is InChI=1S/C18H22N4O2S/c1-13-8-14(25-20-13)9-21-7-5-18(10-21)11-22(12-18)17(23)16-15(24-2)4-3-6-19-16/h3-4,6,8H,5,7,9-12H2,1-2H3. The average molecular weight is 358 g/mol. The summed E-state index contributed by atoms with van der Waals surface area (Å²) in [5.74, 6) is 0.515. The lowest BCUT2D eigenvalue weighted by molar-refractivity contribution is 0.00969. The molecule has 0 saturated carbocycles. The van der Waals surface area contributed by atoms with Gasteiger partial charge in [0, 0.05) is 42.7 Å². The lowest BCUT2D eigenvalue weighted by atomic mass is 9.79. The molecular formula is C18H22N4O2S. The molecule has 1 amide bonds. The van der Waals surface area contributed by atoms with Gasteiger partial charge in [0.2, 0.25) is 0 Å². The number of aryl methyl sites for hydroxylation is 1. The summed E-state index contributed by atoms with van der Waals surface area (Å²) in [6, 6.07) is 5.73. The van der Waals surface area contributed by atoms with Gasteiger partial charge in [-0.3, -0.25) is 9.69 Å². The van der Waals surface area contributed by atoms with E-state index >= 15 is 0 Å². The van der Waals surface area contributed by atoms with Crippen LogP contribution in [0.15, 0.2) is 24.4 Å². The number of aromatic nitrogens is 2. The van der Waals surface area contributed by atoms with Gasteiger partial charge >= 0.3 is 0 Å². The van der Waals surface area contributed by atoms with Crippen molar-refractivity contribution in [3.05, 3.63) is 40.7 Å². The highest BCUT2D eigenvalue weighted by atomic mass is 32.1. The molecule has 4 rings (SSSR count). The van der Waals surface area contributed by atoms with Crippen LogP contribution in [0.3, 0.4) is 0 Å². The second kappa shape index (κ2) is 6.38. The van der Waals surface area contributed by atoms with Gasteiger partial charge in [0.05, 0.1) is 12.8 Å². The van der Waals surface area contributed by atoms with Crippen molar-refractivity contribution in [1.82, 2.24) is 19.2 Å². The molecule has 25 heavy (non-hydrogen) atoms. The number of methoxy groups -OCH3 is 1. The molecule has 0 radical (unpaired) electrons. The van der Waals surface area contributed by atoms with Gasteiger partial charge in [-0.1, -0.05) is 0 Å². The molecule has 0 N–H and O–H groups in total. The van der Waals surface area contributed by atoms with E-state index in [-0.39, 0.29) is 11.3 Å². The fraction of sp³-hybridized carbons (Fsp3) is 0.500. The molecule has 2 aromatic heterocycles. The van der Waals surface area contributed by atoms with E-state index in [0.717, 1.165) is 44.8 Å². The number of pyridine rings is 1. The first-order chi connectivity index (χ1) is 12.1. The Hall–Kier alpha value is -1.99. The molecule has 0 aliphatic carbocycles. The second-order valence-electron chi connectivity index (χ2n) is 7.11. The number of ether oxygens (including phenoxy) is 1. The molecule has 2 aliphatic rings. The molecule has 6 nitrogen and oxygen atoms in total. The first-order valence-corrected chi connectivity index (χ1v) is 9.29. The number of nitrogens with zero attached hydrogens (tertiary/aromatic N) is 4.